The van der Waals surface area contributed by atoms with Crippen molar-refractivity contribution in [3.05, 3.63) is 40.2 Å². The zero-order chi connectivity index (χ0) is 18.0. The van der Waals surface area contributed by atoms with E-state index in [0.717, 1.165) is 36.8 Å². The maximum absolute atomic E-state index is 11.9. The van der Waals surface area contributed by atoms with E-state index in [1.54, 1.807) is 12.1 Å². The van der Waals surface area contributed by atoms with Crippen LogP contribution in [-0.4, -0.2) is 35.6 Å². The summed E-state index contributed by atoms with van der Waals surface area (Å²) in [5.74, 6) is 0.121. The monoisotopic (exact) mass is 344 g/mol. The van der Waals surface area contributed by atoms with Crippen LogP contribution >= 0.6 is 0 Å². The van der Waals surface area contributed by atoms with E-state index in [2.05, 4.69) is 10.2 Å². The lowest BCUT2D eigenvalue weighted by Crippen LogP contribution is -2.29. The Bertz CT molecular complexity index is 830. The highest BCUT2D eigenvalue weighted by molar-refractivity contribution is 5.92. The number of benzene rings is 1. The summed E-state index contributed by atoms with van der Waals surface area (Å²) >= 11 is 0. The molecular formula is C19H24N2O4. The van der Waals surface area contributed by atoms with Crippen molar-refractivity contribution in [3.8, 4) is 0 Å². The molecule has 2 N–H and O–H groups in total. The normalized spacial score (nSPS) is 20.3. The van der Waals surface area contributed by atoms with E-state index in [1.807, 2.05) is 13.1 Å². The van der Waals surface area contributed by atoms with Crippen LogP contribution in [0.2, 0.25) is 0 Å². The fraction of sp³-hybridized carbons (Fsp3) is 0.474. The van der Waals surface area contributed by atoms with E-state index in [4.69, 9.17) is 4.42 Å². The Morgan fingerprint density at radius 3 is 2.84 bits per heavy atom. The third-order valence-corrected chi connectivity index (χ3v) is 4.76. The van der Waals surface area contributed by atoms with E-state index in [1.165, 1.54) is 13.0 Å². The maximum Gasteiger partial charge on any atom is 0.336 e. The van der Waals surface area contributed by atoms with Crippen molar-refractivity contribution in [1.82, 2.24) is 4.90 Å². The molecule has 134 valence electrons. The van der Waals surface area contributed by atoms with Gasteiger partial charge in [0.25, 0.3) is 0 Å². The van der Waals surface area contributed by atoms with Gasteiger partial charge in [-0.3, -0.25) is 4.79 Å². The summed E-state index contributed by atoms with van der Waals surface area (Å²) in [5.41, 5.74) is 1.54. The van der Waals surface area contributed by atoms with Crippen LogP contribution in [0.5, 0.6) is 0 Å². The van der Waals surface area contributed by atoms with E-state index in [9.17, 15) is 14.7 Å². The SMILES string of the molecule is CC(=O)Nc1ccc2c(CN(C)CC3CCCC3O)cc(=O)oc2c1. The highest BCUT2D eigenvalue weighted by atomic mass is 16.4. The Balaban J connectivity index is 1.82. The van der Waals surface area contributed by atoms with Crippen LogP contribution in [0, 0.1) is 5.92 Å². The summed E-state index contributed by atoms with van der Waals surface area (Å²) in [4.78, 5) is 25.2. The minimum atomic E-state index is -0.406. The molecule has 0 aliphatic heterocycles. The van der Waals surface area contributed by atoms with Crippen LogP contribution in [0.3, 0.4) is 0 Å². The largest absolute Gasteiger partial charge is 0.423 e. The summed E-state index contributed by atoms with van der Waals surface area (Å²) in [6.45, 7) is 2.83. The Hall–Kier alpha value is -2.18. The lowest BCUT2D eigenvalue weighted by molar-refractivity contribution is -0.114. The number of fused-ring (bicyclic) bond motifs is 1. The van der Waals surface area contributed by atoms with Gasteiger partial charge in [0.15, 0.2) is 0 Å². The number of aliphatic hydroxyl groups excluding tert-OH is 1. The lowest BCUT2D eigenvalue weighted by Gasteiger charge is -2.23. The predicted molar refractivity (Wildman–Crippen MR) is 96.5 cm³/mol. The molecule has 1 aromatic carbocycles. The molecule has 1 aliphatic rings. The third kappa shape index (κ3) is 4.27. The molecule has 2 atom stereocenters. The first-order valence-electron chi connectivity index (χ1n) is 8.63. The number of nitrogens with one attached hydrogen (secondary N) is 1. The molecular weight excluding hydrogens is 320 g/mol. The number of rotatable bonds is 5. The van der Waals surface area contributed by atoms with Gasteiger partial charge in [0, 0.05) is 43.2 Å². The number of carbonyl (C=O) groups is 1. The molecule has 0 bridgehead atoms. The maximum atomic E-state index is 11.9. The Kier molecular flexibility index (Phi) is 5.20. The summed E-state index contributed by atoms with van der Waals surface area (Å²) in [5, 5.41) is 13.5. The fourth-order valence-electron chi connectivity index (χ4n) is 3.63. The highest BCUT2D eigenvalue weighted by Gasteiger charge is 2.26. The Labute approximate surface area is 146 Å². The predicted octanol–water partition coefficient (Wildman–Crippen LogP) is 2.34. The number of nitrogens with zero attached hydrogens (tertiary/aromatic N) is 1. The van der Waals surface area contributed by atoms with Gasteiger partial charge < -0.3 is 19.7 Å². The third-order valence-electron chi connectivity index (χ3n) is 4.76. The number of carbonyl (C=O) groups excluding carboxylic acids is 1. The van der Waals surface area contributed by atoms with E-state index in [0.29, 0.717) is 23.7 Å². The molecule has 1 aliphatic carbocycles. The molecule has 1 aromatic heterocycles. The number of amides is 1. The Morgan fingerprint density at radius 2 is 2.16 bits per heavy atom. The van der Waals surface area contributed by atoms with Gasteiger partial charge in [-0.05, 0) is 43.5 Å². The second-order valence-electron chi connectivity index (χ2n) is 6.94. The number of hydrogen-bond donors (Lipinski definition) is 2. The first-order valence-corrected chi connectivity index (χ1v) is 8.63. The molecule has 25 heavy (non-hydrogen) atoms. The van der Waals surface area contributed by atoms with Gasteiger partial charge in [-0.25, -0.2) is 4.79 Å². The molecule has 1 saturated carbocycles. The van der Waals surface area contributed by atoms with Crippen LogP contribution in [0.15, 0.2) is 33.5 Å². The van der Waals surface area contributed by atoms with Crippen molar-refractivity contribution in [3.63, 3.8) is 0 Å². The van der Waals surface area contributed by atoms with Crippen molar-refractivity contribution >= 4 is 22.6 Å². The van der Waals surface area contributed by atoms with E-state index in [-0.39, 0.29) is 12.0 Å². The van der Waals surface area contributed by atoms with Crippen molar-refractivity contribution in [2.75, 3.05) is 18.9 Å². The van der Waals surface area contributed by atoms with Gasteiger partial charge in [-0.2, -0.15) is 0 Å². The molecule has 0 spiro atoms. The molecule has 0 radical (unpaired) electrons. The van der Waals surface area contributed by atoms with Crippen LogP contribution in [0.1, 0.15) is 31.7 Å². The average Bonchev–Trinajstić information content (AvgIpc) is 2.91. The van der Waals surface area contributed by atoms with Crippen molar-refractivity contribution in [2.45, 2.75) is 38.8 Å². The molecule has 2 aromatic rings. The summed E-state index contributed by atoms with van der Waals surface area (Å²) in [7, 11) is 2.00. The quantitative estimate of drug-likeness (QED) is 0.814. The first-order chi connectivity index (χ1) is 11.9. The van der Waals surface area contributed by atoms with Gasteiger partial charge in [0.05, 0.1) is 6.10 Å². The lowest BCUT2D eigenvalue weighted by atomic mass is 10.0. The van der Waals surface area contributed by atoms with Gasteiger partial charge in [0.2, 0.25) is 5.91 Å². The zero-order valence-electron chi connectivity index (χ0n) is 14.6. The first kappa shape index (κ1) is 17.6. The van der Waals surface area contributed by atoms with Crippen LogP contribution < -0.4 is 10.9 Å². The summed E-state index contributed by atoms with van der Waals surface area (Å²) < 4.78 is 5.29. The van der Waals surface area contributed by atoms with E-state index < -0.39 is 5.63 Å². The Morgan fingerprint density at radius 1 is 1.36 bits per heavy atom. The average molecular weight is 344 g/mol. The number of anilines is 1. The van der Waals surface area contributed by atoms with Crippen molar-refractivity contribution in [2.24, 2.45) is 5.92 Å². The molecule has 1 heterocycles. The van der Waals surface area contributed by atoms with Gasteiger partial charge >= 0.3 is 5.63 Å². The number of aliphatic hydroxyl groups is 1. The molecule has 3 rings (SSSR count). The smallest absolute Gasteiger partial charge is 0.336 e. The van der Waals surface area contributed by atoms with Crippen molar-refractivity contribution in [1.29, 1.82) is 0 Å². The van der Waals surface area contributed by atoms with Crippen LogP contribution in [-0.2, 0) is 11.3 Å². The fourth-order valence-corrected chi connectivity index (χ4v) is 3.63. The topological polar surface area (TPSA) is 82.8 Å². The summed E-state index contributed by atoms with van der Waals surface area (Å²) in [6, 6.07) is 6.84. The molecule has 1 amide bonds. The summed E-state index contributed by atoms with van der Waals surface area (Å²) in [6.07, 6.45) is 2.77. The van der Waals surface area contributed by atoms with Gasteiger partial charge in [-0.1, -0.05) is 6.42 Å². The molecule has 2 unspecified atom stereocenters. The molecule has 6 nitrogen and oxygen atoms in total. The van der Waals surface area contributed by atoms with E-state index >= 15 is 0 Å². The second-order valence-corrected chi connectivity index (χ2v) is 6.94. The number of hydrogen-bond acceptors (Lipinski definition) is 5. The van der Waals surface area contributed by atoms with Crippen molar-refractivity contribution < 1.29 is 14.3 Å². The second kappa shape index (κ2) is 7.37. The minimum Gasteiger partial charge on any atom is -0.423 e. The zero-order valence-corrected chi connectivity index (χ0v) is 14.6. The van der Waals surface area contributed by atoms with Crippen LogP contribution in [0.4, 0.5) is 5.69 Å². The molecule has 0 saturated heterocycles. The minimum absolute atomic E-state index is 0.173. The molecule has 6 heteroatoms. The molecule has 1 fully saturated rings. The van der Waals surface area contributed by atoms with Gasteiger partial charge in [-0.15, -0.1) is 0 Å². The standard InChI is InChI=1S/C19H24N2O4/c1-12(22)20-15-6-7-16-14(8-19(24)25-18(16)9-15)11-21(2)10-13-4-3-5-17(13)23/h6-9,13,17,23H,3-5,10-11H2,1-2H3,(H,20,22). The van der Waals surface area contributed by atoms with Gasteiger partial charge in [0.1, 0.15) is 5.58 Å². The van der Waals surface area contributed by atoms with Crippen LogP contribution in [0.25, 0.3) is 11.0 Å². The highest BCUT2D eigenvalue weighted by Crippen LogP contribution is 2.27.